The zero-order chi connectivity index (χ0) is 12.6. The summed E-state index contributed by atoms with van der Waals surface area (Å²) in [7, 11) is 0. The van der Waals surface area contributed by atoms with E-state index in [0.29, 0.717) is 29.0 Å². The van der Waals surface area contributed by atoms with Gasteiger partial charge in [-0.25, -0.2) is 0 Å². The highest BCUT2D eigenvalue weighted by molar-refractivity contribution is 4.99. The van der Waals surface area contributed by atoms with Gasteiger partial charge in [-0.3, -0.25) is 0 Å². The number of nitrogens with one attached hydrogen (secondary N) is 1. The normalized spacial score (nSPS) is 33.0. The van der Waals surface area contributed by atoms with E-state index in [1.807, 2.05) is 0 Å². The summed E-state index contributed by atoms with van der Waals surface area (Å²) in [5.41, 5.74) is 0.683. The van der Waals surface area contributed by atoms with Gasteiger partial charge in [-0.05, 0) is 38.0 Å². The standard InChI is InChI=1S/C14H29NO/c1-10(2)16-8-12-14(6,7)9-13(4,5)11(3)15-12/h10-12,15H,8-9H2,1-7H3. The summed E-state index contributed by atoms with van der Waals surface area (Å²) in [4.78, 5) is 0. The third kappa shape index (κ3) is 3.21. The Labute approximate surface area is 101 Å². The molecule has 1 aliphatic heterocycles. The summed E-state index contributed by atoms with van der Waals surface area (Å²) in [5, 5.41) is 3.73. The first kappa shape index (κ1) is 14.0. The molecule has 0 amide bonds. The molecule has 0 saturated carbocycles. The molecule has 2 nitrogen and oxygen atoms in total. The highest BCUT2D eigenvalue weighted by atomic mass is 16.5. The third-order valence-corrected chi connectivity index (χ3v) is 4.07. The van der Waals surface area contributed by atoms with Crippen LogP contribution < -0.4 is 5.32 Å². The Morgan fingerprint density at radius 2 is 1.75 bits per heavy atom. The molecule has 1 heterocycles. The molecule has 2 heteroatoms. The quantitative estimate of drug-likeness (QED) is 0.799. The zero-order valence-electron chi connectivity index (χ0n) is 12.1. The fourth-order valence-electron chi connectivity index (χ4n) is 2.77. The lowest BCUT2D eigenvalue weighted by atomic mass is 9.64. The van der Waals surface area contributed by atoms with Gasteiger partial charge >= 0.3 is 0 Å². The first-order valence-electron chi connectivity index (χ1n) is 6.53. The fourth-order valence-corrected chi connectivity index (χ4v) is 2.77. The van der Waals surface area contributed by atoms with E-state index < -0.39 is 0 Å². The molecule has 0 bridgehead atoms. The number of hydrogen-bond acceptors (Lipinski definition) is 2. The van der Waals surface area contributed by atoms with E-state index in [1.54, 1.807) is 0 Å². The van der Waals surface area contributed by atoms with E-state index in [-0.39, 0.29) is 0 Å². The topological polar surface area (TPSA) is 21.3 Å². The Balaban J connectivity index is 2.65. The van der Waals surface area contributed by atoms with Gasteiger partial charge in [0.1, 0.15) is 0 Å². The van der Waals surface area contributed by atoms with Crippen LogP contribution in [0, 0.1) is 10.8 Å². The van der Waals surface area contributed by atoms with Crippen LogP contribution in [0.3, 0.4) is 0 Å². The second-order valence-corrected chi connectivity index (χ2v) is 6.98. The second kappa shape index (κ2) is 4.66. The SMILES string of the molecule is CC(C)OCC1NC(C)C(C)(C)CC1(C)C. The molecule has 0 aromatic heterocycles. The molecule has 0 spiro atoms. The van der Waals surface area contributed by atoms with Gasteiger partial charge in [0, 0.05) is 12.1 Å². The molecule has 96 valence electrons. The van der Waals surface area contributed by atoms with Crippen molar-refractivity contribution in [1.82, 2.24) is 5.32 Å². The summed E-state index contributed by atoms with van der Waals surface area (Å²) < 4.78 is 5.77. The summed E-state index contributed by atoms with van der Waals surface area (Å²) in [5.74, 6) is 0. The van der Waals surface area contributed by atoms with Gasteiger partial charge in [-0.2, -0.15) is 0 Å². The molecule has 2 atom stereocenters. The van der Waals surface area contributed by atoms with E-state index >= 15 is 0 Å². The molecular weight excluding hydrogens is 198 g/mol. The third-order valence-electron chi connectivity index (χ3n) is 4.07. The minimum atomic E-state index is 0.310. The van der Waals surface area contributed by atoms with E-state index in [9.17, 15) is 0 Å². The minimum Gasteiger partial charge on any atom is -0.377 e. The van der Waals surface area contributed by atoms with Crippen LogP contribution in [0.15, 0.2) is 0 Å². The summed E-state index contributed by atoms with van der Waals surface area (Å²) in [6, 6.07) is 1.03. The monoisotopic (exact) mass is 227 g/mol. The summed E-state index contributed by atoms with van der Waals surface area (Å²) >= 11 is 0. The molecule has 16 heavy (non-hydrogen) atoms. The van der Waals surface area contributed by atoms with Crippen molar-refractivity contribution in [3.8, 4) is 0 Å². The largest absolute Gasteiger partial charge is 0.377 e. The Hall–Kier alpha value is -0.0800. The average molecular weight is 227 g/mol. The predicted molar refractivity (Wildman–Crippen MR) is 69.7 cm³/mol. The molecule has 1 rings (SSSR count). The van der Waals surface area contributed by atoms with Crippen LogP contribution >= 0.6 is 0 Å². The van der Waals surface area contributed by atoms with Gasteiger partial charge in [0.05, 0.1) is 12.7 Å². The first-order chi connectivity index (χ1) is 7.15. The lowest BCUT2D eigenvalue weighted by molar-refractivity contribution is -0.0210. The van der Waals surface area contributed by atoms with Crippen LogP contribution in [0.1, 0.15) is 54.9 Å². The van der Waals surface area contributed by atoms with Gasteiger partial charge in [0.25, 0.3) is 0 Å². The number of rotatable bonds is 3. The van der Waals surface area contributed by atoms with Crippen molar-refractivity contribution in [3.63, 3.8) is 0 Å². The van der Waals surface area contributed by atoms with E-state index in [2.05, 4.69) is 53.8 Å². The van der Waals surface area contributed by atoms with Gasteiger partial charge < -0.3 is 10.1 Å². The molecule has 0 aliphatic carbocycles. The van der Waals surface area contributed by atoms with Crippen molar-refractivity contribution < 1.29 is 4.74 Å². The first-order valence-corrected chi connectivity index (χ1v) is 6.53. The maximum atomic E-state index is 5.77. The molecular formula is C14H29NO. The maximum Gasteiger partial charge on any atom is 0.0628 e. The molecule has 0 radical (unpaired) electrons. The Bertz CT molecular complexity index is 233. The Kier molecular flexibility index (Phi) is 4.07. The fraction of sp³-hybridized carbons (Fsp3) is 1.00. The van der Waals surface area contributed by atoms with Crippen LogP contribution in [0.4, 0.5) is 0 Å². The highest BCUT2D eigenvalue weighted by Crippen LogP contribution is 2.42. The molecule has 0 aromatic carbocycles. The lowest BCUT2D eigenvalue weighted by Crippen LogP contribution is -2.60. The predicted octanol–water partition coefficient (Wildman–Crippen LogP) is 3.21. The number of ether oxygens (including phenoxy) is 1. The van der Waals surface area contributed by atoms with Gasteiger partial charge in [-0.1, -0.05) is 27.7 Å². The summed E-state index contributed by atoms with van der Waals surface area (Å²) in [6.07, 6.45) is 1.57. The van der Waals surface area contributed by atoms with Crippen molar-refractivity contribution in [2.24, 2.45) is 10.8 Å². The molecule has 1 saturated heterocycles. The van der Waals surface area contributed by atoms with E-state index in [1.165, 1.54) is 6.42 Å². The molecule has 0 aromatic rings. The molecule has 1 N–H and O–H groups in total. The number of hydrogen-bond donors (Lipinski definition) is 1. The van der Waals surface area contributed by atoms with Gasteiger partial charge in [-0.15, -0.1) is 0 Å². The zero-order valence-corrected chi connectivity index (χ0v) is 12.1. The molecule has 2 unspecified atom stereocenters. The Morgan fingerprint density at radius 3 is 2.25 bits per heavy atom. The summed E-state index contributed by atoms with van der Waals surface area (Å²) in [6.45, 7) is 16.7. The second-order valence-electron chi connectivity index (χ2n) is 6.98. The molecule has 1 fully saturated rings. The van der Waals surface area contributed by atoms with Gasteiger partial charge in [0.2, 0.25) is 0 Å². The smallest absolute Gasteiger partial charge is 0.0628 e. The minimum absolute atomic E-state index is 0.310. The van der Waals surface area contributed by atoms with Crippen LogP contribution in [0.2, 0.25) is 0 Å². The van der Waals surface area contributed by atoms with Crippen molar-refractivity contribution in [2.45, 2.75) is 73.1 Å². The Morgan fingerprint density at radius 1 is 1.19 bits per heavy atom. The van der Waals surface area contributed by atoms with Crippen molar-refractivity contribution in [2.75, 3.05) is 6.61 Å². The van der Waals surface area contributed by atoms with Gasteiger partial charge in [0.15, 0.2) is 0 Å². The van der Waals surface area contributed by atoms with Crippen LogP contribution in [-0.2, 0) is 4.74 Å². The van der Waals surface area contributed by atoms with Crippen LogP contribution in [0.5, 0.6) is 0 Å². The van der Waals surface area contributed by atoms with Crippen LogP contribution in [0.25, 0.3) is 0 Å². The van der Waals surface area contributed by atoms with Crippen molar-refractivity contribution in [3.05, 3.63) is 0 Å². The maximum absolute atomic E-state index is 5.77. The lowest BCUT2D eigenvalue weighted by Gasteiger charge is -2.51. The van der Waals surface area contributed by atoms with Crippen molar-refractivity contribution >= 4 is 0 Å². The molecule has 1 aliphatic rings. The highest BCUT2D eigenvalue weighted by Gasteiger charge is 2.44. The number of piperidine rings is 1. The van der Waals surface area contributed by atoms with E-state index in [4.69, 9.17) is 4.74 Å². The van der Waals surface area contributed by atoms with E-state index in [0.717, 1.165) is 6.61 Å². The van der Waals surface area contributed by atoms with Crippen LogP contribution in [-0.4, -0.2) is 24.8 Å². The van der Waals surface area contributed by atoms with Crippen molar-refractivity contribution in [1.29, 1.82) is 0 Å². The average Bonchev–Trinajstić information content (AvgIpc) is 2.07.